The Morgan fingerprint density at radius 3 is 2.32 bits per heavy atom. The Kier molecular flexibility index (Phi) is 8.06. The summed E-state index contributed by atoms with van der Waals surface area (Å²) in [5.74, 6) is 0.828. The first-order valence-electron chi connectivity index (χ1n) is 10.5. The highest BCUT2D eigenvalue weighted by Crippen LogP contribution is 2.28. The fourth-order valence-electron chi connectivity index (χ4n) is 3.32. The average Bonchev–Trinajstić information content (AvgIpc) is 2.81. The average molecular weight is 503 g/mol. The van der Waals surface area contributed by atoms with Crippen molar-refractivity contribution in [1.29, 1.82) is 0 Å². The lowest BCUT2D eigenvalue weighted by Gasteiger charge is -2.13. The Hall–Kier alpha value is -3.23. The van der Waals surface area contributed by atoms with E-state index < -0.39 is 15.9 Å². The molecule has 0 heterocycles. The van der Waals surface area contributed by atoms with Crippen molar-refractivity contribution >= 4 is 33.2 Å². The number of anilines is 1. The summed E-state index contributed by atoms with van der Waals surface area (Å²) < 4.78 is 39.0. The Balaban J connectivity index is 1.71. The van der Waals surface area contributed by atoms with Crippen molar-refractivity contribution in [2.75, 3.05) is 25.5 Å². The minimum atomic E-state index is -4.00. The lowest BCUT2D eigenvalue weighted by atomic mass is 10.1. The van der Waals surface area contributed by atoms with Gasteiger partial charge < -0.3 is 14.8 Å². The number of benzene rings is 3. The molecule has 0 saturated heterocycles. The van der Waals surface area contributed by atoms with Crippen LogP contribution in [0.25, 0.3) is 0 Å². The van der Waals surface area contributed by atoms with Crippen LogP contribution in [0.2, 0.25) is 5.02 Å². The SMILES string of the molecule is COc1ccc(CCNC(=O)c2ccc(Cl)c(S(=O)(=O)Nc3ccc(C)c(C)c3)c2)cc1OC. The Morgan fingerprint density at radius 1 is 0.912 bits per heavy atom. The zero-order valence-electron chi connectivity index (χ0n) is 19.4. The first kappa shape index (κ1) is 25.4. The molecule has 180 valence electrons. The van der Waals surface area contributed by atoms with Gasteiger partial charge in [0.15, 0.2) is 11.5 Å². The van der Waals surface area contributed by atoms with Crippen molar-refractivity contribution < 1.29 is 22.7 Å². The van der Waals surface area contributed by atoms with Crippen LogP contribution in [0.1, 0.15) is 27.0 Å². The number of carbonyl (C=O) groups is 1. The molecular formula is C25H27ClN2O5S. The van der Waals surface area contributed by atoms with Crippen LogP contribution in [0, 0.1) is 13.8 Å². The molecule has 9 heteroatoms. The summed E-state index contributed by atoms with van der Waals surface area (Å²) >= 11 is 6.17. The van der Waals surface area contributed by atoms with Gasteiger partial charge in [-0.1, -0.05) is 23.7 Å². The van der Waals surface area contributed by atoms with Crippen LogP contribution in [0.5, 0.6) is 11.5 Å². The van der Waals surface area contributed by atoms with Crippen LogP contribution in [0.4, 0.5) is 5.69 Å². The van der Waals surface area contributed by atoms with E-state index in [1.54, 1.807) is 32.4 Å². The summed E-state index contributed by atoms with van der Waals surface area (Å²) in [5.41, 5.74) is 3.57. The zero-order valence-corrected chi connectivity index (χ0v) is 21.0. The van der Waals surface area contributed by atoms with Crippen molar-refractivity contribution in [3.8, 4) is 11.5 Å². The number of amides is 1. The van der Waals surface area contributed by atoms with E-state index in [-0.39, 0.29) is 15.5 Å². The van der Waals surface area contributed by atoms with Gasteiger partial charge in [0.1, 0.15) is 4.90 Å². The van der Waals surface area contributed by atoms with E-state index in [1.807, 2.05) is 32.0 Å². The summed E-state index contributed by atoms with van der Waals surface area (Å²) in [4.78, 5) is 12.5. The molecule has 0 spiro atoms. The summed E-state index contributed by atoms with van der Waals surface area (Å²) in [6.45, 7) is 4.19. The number of hydrogen-bond donors (Lipinski definition) is 2. The second-order valence-electron chi connectivity index (χ2n) is 7.74. The summed E-state index contributed by atoms with van der Waals surface area (Å²) in [6, 6.07) is 15.0. The number of rotatable bonds is 9. The predicted octanol–water partition coefficient (Wildman–Crippen LogP) is 4.75. The zero-order chi connectivity index (χ0) is 24.9. The minimum absolute atomic E-state index is 0.0261. The van der Waals surface area contributed by atoms with E-state index >= 15 is 0 Å². The van der Waals surface area contributed by atoms with Crippen molar-refractivity contribution in [2.24, 2.45) is 0 Å². The molecular weight excluding hydrogens is 476 g/mol. The van der Waals surface area contributed by atoms with Crippen LogP contribution >= 0.6 is 11.6 Å². The Morgan fingerprint density at radius 2 is 1.65 bits per heavy atom. The normalized spacial score (nSPS) is 11.1. The lowest BCUT2D eigenvalue weighted by Crippen LogP contribution is -2.26. The molecule has 3 rings (SSSR count). The van der Waals surface area contributed by atoms with Crippen LogP contribution in [-0.2, 0) is 16.4 Å². The maximum absolute atomic E-state index is 13.0. The molecule has 3 aromatic carbocycles. The van der Waals surface area contributed by atoms with Crippen molar-refractivity contribution in [3.05, 3.63) is 81.9 Å². The van der Waals surface area contributed by atoms with Crippen molar-refractivity contribution in [1.82, 2.24) is 5.32 Å². The maximum atomic E-state index is 13.0. The quantitative estimate of drug-likeness (QED) is 0.440. The number of methoxy groups -OCH3 is 2. The van der Waals surface area contributed by atoms with E-state index in [0.29, 0.717) is 30.2 Å². The third-order valence-corrected chi connectivity index (χ3v) is 7.25. The van der Waals surface area contributed by atoms with Crippen LogP contribution in [-0.4, -0.2) is 35.1 Å². The highest BCUT2D eigenvalue weighted by atomic mass is 35.5. The first-order chi connectivity index (χ1) is 16.1. The third-order valence-electron chi connectivity index (χ3n) is 5.39. The van der Waals surface area contributed by atoms with Gasteiger partial charge in [-0.2, -0.15) is 0 Å². The minimum Gasteiger partial charge on any atom is -0.493 e. The molecule has 7 nitrogen and oxygen atoms in total. The van der Waals surface area contributed by atoms with Crippen LogP contribution in [0.15, 0.2) is 59.5 Å². The lowest BCUT2D eigenvalue weighted by molar-refractivity contribution is 0.0954. The molecule has 0 aromatic heterocycles. The van der Waals surface area contributed by atoms with Gasteiger partial charge in [-0.3, -0.25) is 9.52 Å². The first-order valence-corrected chi connectivity index (χ1v) is 12.4. The van der Waals surface area contributed by atoms with Crippen molar-refractivity contribution in [3.63, 3.8) is 0 Å². The summed E-state index contributed by atoms with van der Waals surface area (Å²) in [7, 11) is -0.870. The fourth-order valence-corrected chi connectivity index (χ4v) is 4.90. The molecule has 0 radical (unpaired) electrons. The highest BCUT2D eigenvalue weighted by molar-refractivity contribution is 7.92. The second kappa shape index (κ2) is 10.8. The standard InChI is InChI=1S/C25H27ClN2O5S/c1-16-5-8-20(13-17(16)2)28-34(30,31)24-15-19(7-9-21(24)26)25(29)27-12-11-18-6-10-22(32-3)23(14-18)33-4/h5-10,13-15,28H,11-12H2,1-4H3,(H,27,29). The maximum Gasteiger partial charge on any atom is 0.263 e. The second-order valence-corrected chi connectivity index (χ2v) is 9.80. The van der Waals surface area contributed by atoms with E-state index in [4.69, 9.17) is 21.1 Å². The van der Waals surface area contributed by atoms with Gasteiger partial charge in [0.05, 0.1) is 19.2 Å². The molecule has 3 aromatic rings. The smallest absolute Gasteiger partial charge is 0.263 e. The van der Waals surface area contributed by atoms with E-state index in [2.05, 4.69) is 10.0 Å². The third kappa shape index (κ3) is 6.01. The van der Waals surface area contributed by atoms with Gasteiger partial charge in [-0.15, -0.1) is 0 Å². The van der Waals surface area contributed by atoms with E-state index in [1.165, 1.54) is 18.2 Å². The molecule has 1 amide bonds. The molecule has 0 aliphatic rings. The fraction of sp³-hybridized carbons (Fsp3) is 0.240. The number of nitrogens with one attached hydrogen (secondary N) is 2. The summed E-state index contributed by atoms with van der Waals surface area (Å²) in [5, 5.41) is 2.83. The summed E-state index contributed by atoms with van der Waals surface area (Å²) in [6.07, 6.45) is 0.555. The number of carbonyl (C=O) groups excluding carboxylic acids is 1. The number of hydrogen-bond acceptors (Lipinski definition) is 5. The van der Waals surface area contributed by atoms with Gasteiger partial charge in [0.2, 0.25) is 0 Å². The molecule has 0 atom stereocenters. The number of halogens is 1. The molecule has 0 bridgehead atoms. The van der Waals surface area contributed by atoms with Gasteiger partial charge in [0, 0.05) is 17.8 Å². The molecule has 0 unspecified atom stereocenters. The molecule has 2 N–H and O–H groups in total. The molecule has 0 saturated carbocycles. The number of ether oxygens (including phenoxy) is 2. The molecule has 34 heavy (non-hydrogen) atoms. The van der Waals surface area contributed by atoms with Gasteiger partial charge in [-0.25, -0.2) is 8.42 Å². The molecule has 0 aliphatic carbocycles. The molecule has 0 fully saturated rings. The number of sulfonamides is 1. The number of aryl methyl sites for hydroxylation is 2. The molecule has 0 aliphatic heterocycles. The largest absolute Gasteiger partial charge is 0.493 e. The highest BCUT2D eigenvalue weighted by Gasteiger charge is 2.21. The monoisotopic (exact) mass is 502 g/mol. The van der Waals surface area contributed by atoms with Crippen LogP contribution in [0.3, 0.4) is 0 Å². The van der Waals surface area contributed by atoms with Crippen molar-refractivity contribution in [2.45, 2.75) is 25.2 Å². The van der Waals surface area contributed by atoms with Gasteiger partial charge >= 0.3 is 0 Å². The Labute approximate surface area is 205 Å². The van der Waals surface area contributed by atoms with Crippen LogP contribution < -0.4 is 19.5 Å². The van der Waals surface area contributed by atoms with Gasteiger partial charge in [0.25, 0.3) is 15.9 Å². The van der Waals surface area contributed by atoms with Gasteiger partial charge in [-0.05, 0) is 79.4 Å². The van der Waals surface area contributed by atoms with E-state index in [9.17, 15) is 13.2 Å². The van der Waals surface area contributed by atoms with E-state index in [0.717, 1.165) is 16.7 Å². The Bertz CT molecular complexity index is 1310. The predicted molar refractivity (Wildman–Crippen MR) is 134 cm³/mol. The topological polar surface area (TPSA) is 93.7 Å².